The van der Waals surface area contributed by atoms with Crippen LogP contribution >= 0.6 is 0 Å². The van der Waals surface area contributed by atoms with Gasteiger partial charge in [-0.3, -0.25) is 0 Å². The van der Waals surface area contributed by atoms with Crippen LogP contribution in [0.4, 0.5) is 0 Å². The Kier molecular flexibility index (Phi) is 4.05. The Hall–Kier alpha value is -0.600. The smallest absolute Gasteiger partial charge is 0.0556 e. The average Bonchev–Trinajstić information content (AvgIpc) is 2.05. The number of rotatable bonds is 4. The SMILES string of the molecule is CC1C=C(CNCCO)C=CC1. The lowest BCUT2D eigenvalue weighted by atomic mass is 9.98. The van der Waals surface area contributed by atoms with Gasteiger partial charge in [-0.1, -0.05) is 25.2 Å². The highest BCUT2D eigenvalue weighted by Crippen LogP contribution is 2.14. The molecule has 0 aliphatic heterocycles. The van der Waals surface area contributed by atoms with Crippen LogP contribution in [0.5, 0.6) is 0 Å². The lowest BCUT2D eigenvalue weighted by Gasteiger charge is -2.12. The molecule has 1 aliphatic carbocycles. The van der Waals surface area contributed by atoms with Gasteiger partial charge in [0.1, 0.15) is 0 Å². The second kappa shape index (κ2) is 5.12. The Morgan fingerprint density at radius 3 is 3.17 bits per heavy atom. The summed E-state index contributed by atoms with van der Waals surface area (Å²) in [5, 5.41) is 11.7. The van der Waals surface area contributed by atoms with Crippen molar-refractivity contribution in [3.8, 4) is 0 Å². The zero-order valence-corrected chi connectivity index (χ0v) is 7.59. The van der Waals surface area contributed by atoms with Crippen LogP contribution in [0.1, 0.15) is 13.3 Å². The molecule has 68 valence electrons. The molecule has 1 rings (SSSR count). The topological polar surface area (TPSA) is 32.3 Å². The van der Waals surface area contributed by atoms with Crippen molar-refractivity contribution in [2.24, 2.45) is 5.92 Å². The number of allylic oxidation sites excluding steroid dienone is 2. The van der Waals surface area contributed by atoms with Crippen LogP contribution in [0.3, 0.4) is 0 Å². The predicted molar refractivity (Wildman–Crippen MR) is 51.0 cm³/mol. The Morgan fingerprint density at radius 2 is 2.50 bits per heavy atom. The third kappa shape index (κ3) is 3.20. The van der Waals surface area contributed by atoms with Crippen molar-refractivity contribution in [2.45, 2.75) is 13.3 Å². The number of aliphatic hydroxyl groups is 1. The largest absolute Gasteiger partial charge is 0.395 e. The molecule has 0 radical (unpaired) electrons. The van der Waals surface area contributed by atoms with Crippen molar-refractivity contribution < 1.29 is 5.11 Å². The van der Waals surface area contributed by atoms with E-state index in [9.17, 15) is 0 Å². The number of hydrogen-bond acceptors (Lipinski definition) is 2. The Morgan fingerprint density at radius 1 is 1.67 bits per heavy atom. The maximum absolute atomic E-state index is 8.55. The van der Waals surface area contributed by atoms with Crippen molar-refractivity contribution in [3.05, 3.63) is 23.8 Å². The van der Waals surface area contributed by atoms with E-state index in [0.29, 0.717) is 12.5 Å². The molecule has 2 nitrogen and oxygen atoms in total. The molecule has 1 atom stereocenters. The Bertz CT molecular complexity index is 184. The maximum atomic E-state index is 8.55. The molecule has 0 aromatic heterocycles. The zero-order chi connectivity index (χ0) is 8.81. The molecule has 0 fully saturated rings. The van der Waals surface area contributed by atoms with Crippen molar-refractivity contribution in [2.75, 3.05) is 19.7 Å². The highest BCUT2D eigenvalue weighted by atomic mass is 16.3. The summed E-state index contributed by atoms with van der Waals surface area (Å²) in [6.07, 6.45) is 7.80. The first kappa shape index (κ1) is 9.49. The van der Waals surface area contributed by atoms with Crippen LogP contribution in [0.2, 0.25) is 0 Å². The van der Waals surface area contributed by atoms with E-state index in [1.807, 2.05) is 0 Å². The summed E-state index contributed by atoms with van der Waals surface area (Å²) in [6, 6.07) is 0. The molecule has 2 heteroatoms. The Balaban J connectivity index is 2.26. The van der Waals surface area contributed by atoms with Gasteiger partial charge in [-0.2, -0.15) is 0 Å². The second-order valence-electron chi connectivity index (χ2n) is 3.26. The number of aliphatic hydroxyl groups excluding tert-OH is 1. The lowest BCUT2D eigenvalue weighted by molar-refractivity contribution is 0.294. The highest BCUT2D eigenvalue weighted by Gasteiger charge is 2.02. The summed E-state index contributed by atoms with van der Waals surface area (Å²) in [5.74, 6) is 0.668. The summed E-state index contributed by atoms with van der Waals surface area (Å²) in [7, 11) is 0. The molecule has 0 saturated carbocycles. The van der Waals surface area contributed by atoms with E-state index < -0.39 is 0 Å². The van der Waals surface area contributed by atoms with E-state index in [1.54, 1.807) is 0 Å². The van der Waals surface area contributed by atoms with Gasteiger partial charge in [-0.25, -0.2) is 0 Å². The zero-order valence-electron chi connectivity index (χ0n) is 7.59. The van der Waals surface area contributed by atoms with Gasteiger partial charge in [-0.05, 0) is 17.9 Å². The maximum Gasteiger partial charge on any atom is 0.0556 e. The van der Waals surface area contributed by atoms with Crippen LogP contribution in [-0.2, 0) is 0 Å². The first-order valence-electron chi connectivity index (χ1n) is 4.51. The molecular formula is C10H17NO. The minimum absolute atomic E-state index is 0.215. The lowest BCUT2D eigenvalue weighted by Crippen LogP contribution is -2.21. The second-order valence-corrected chi connectivity index (χ2v) is 3.26. The summed E-state index contributed by atoms with van der Waals surface area (Å²) in [5.41, 5.74) is 1.34. The van der Waals surface area contributed by atoms with Gasteiger partial charge in [-0.15, -0.1) is 0 Å². The number of nitrogens with one attached hydrogen (secondary N) is 1. The van der Waals surface area contributed by atoms with Gasteiger partial charge in [0, 0.05) is 13.1 Å². The molecule has 1 unspecified atom stereocenters. The van der Waals surface area contributed by atoms with Crippen LogP contribution in [-0.4, -0.2) is 24.8 Å². The number of hydrogen-bond donors (Lipinski definition) is 2. The van der Waals surface area contributed by atoms with Gasteiger partial charge in [0.15, 0.2) is 0 Å². The van der Waals surface area contributed by atoms with Gasteiger partial charge < -0.3 is 10.4 Å². The van der Waals surface area contributed by atoms with E-state index >= 15 is 0 Å². The van der Waals surface area contributed by atoms with Crippen LogP contribution in [0.15, 0.2) is 23.8 Å². The summed E-state index contributed by atoms with van der Waals surface area (Å²) >= 11 is 0. The fourth-order valence-corrected chi connectivity index (χ4v) is 1.35. The molecule has 0 aromatic carbocycles. The van der Waals surface area contributed by atoms with Gasteiger partial charge in [0.05, 0.1) is 6.61 Å². The minimum Gasteiger partial charge on any atom is -0.395 e. The molecule has 2 N–H and O–H groups in total. The van der Waals surface area contributed by atoms with E-state index in [1.165, 1.54) is 5.57 Å². The quantitative estimate of drug-likeness (QED) is 0.614. The van der Waals surface area contributed by atoms with Gasteiger partial charge >= 0.3 is 0 Å². The molecule has 0 amide bonds. The first-order chi connectivity index (χ1) is 5.83. The van der Waals surface area contributed by atoms with Crippen molar-refractivity contribution in [1.82, 2.24) is 5.32 Å². The molecule has 12 heavy (non-hydrogen) atoms. The normalized spacial score (nSPS) is 22.5. The predicted octanol–water partition coefficient (Wildman–Crippen LogP) is 1.09. The average molecular weight is 167 g/mol. The van der Waals surface area contributed by atoms with Crippen molar-refractivity contribution in [3.63, 3.8) is 0 Å². The van der Waals surface area contributed by atoms with Gasteiger partial charge in [0.2, 0.25) is 0 Å². The fraction of sp³-hybridized carbons (Fsp3) is 0.600. The van der Waals surface area contributed by atoms with Crippen LogP contribution in [0, 0.1) is 5.92 Å². The standard InChI is InChI=1S/C10H17NO/c1-9-3-2-4-10(7-9)8-11-5-6-12/h2,4,7,9,11-12H,3,5-6,8H2,1H3. The van der Waals surface area contributed by atoms with Crippen LogP contribution < -0.4 is 5.32 Å². The van der Waals surface area contributed by atoms with E-state index in [2.05, 4.69) is 30.5 Å². The summed E-state index contributed by atoms with van der Waals surface area (Å²) in [4.78, 5) is 0. The minimum atomic E-state index is 0.215. The Labute approximate surface area is 74.0 Å². The monoisotopic (exact) mass is 167 g/mol. The van der Waals surface area contributed by atoms with Crippen molar-refractivity contribution >= 4 is 0 Å². The highest BCUT2D eigenvalue weighted by molar-refractivity contribution is 5.24. The molecule has 1 aliphatic rings. The van der Waals surface area contributed by atoms with Crippen molar-refractivity contribution in [1.29, 1.82) is 0 Å². The van der Waals surface area contributed by atoms with E-state index in [-0.39, 0.29) is 6.61 Å². The molecule has 0 saturated heterocycles. The molecule has 0 bridgehead atoms. The summed E-state index contributed by atoms with van der Waals surface area (Å²) < 4.78 is 0. The molecule has 0 spiro atoms. The molecule has 0 heterocycles. The molecular weight excluding hydrogens is 150 g/mol. The van der Waals surface area contributed by atoms with Crippen LogP contribution in [0.25, 0.3) is 0 Å². The first-order valence-corrected chi connectivity index (χ1v) is 4.51. The van der Waals surface area contributed by atoms with E-state index in [4.69, 9.17) is 5.11 Å². The molecule has 0 aromatic rings. The van der Waals surface area contributed by atoms with E-state index in [0.717, 1.165) is 13.0 Å². The third-order valence-corrected chi connectivity index (χ3v) is 1.96. The fourth-order valence-electron chi connectivity index (χ4n) is 1.35. The van der Waals surface area contributed by atoms with Gasteiger partial charge in [0.25, 0.3) is 0 Å². The third-order valence-electron chi connectivity index (χ3n) is 1.96. The summed E-state index contributed by atoms with van der Waals surface area (Å²) in [6.45, 7) is 3.99.